The molecule has 0 spiro atoms. The van der Waals surface area contributed by atoms with Crippen LogP contribution in [0.1, 0.15) is 43.8 Å². The molecule has 3 heteroatoms. The summed E-state index contributed by atoms with van der Waals surface area (Å²) in [6.45, 7) is 0. The van der Waals surface area contributed by atoms with Crippen LogP contribution in [0.2, 0.25) is 0 Å². The smallest absolute Gasteiger partial charge is 0.158 e. The Kier molecular flexibility index (Phi) is 2.31. The van der Waals surface area contributed by atoms with Gasteiger partial charge in [-0.15, -0.1) is 0 Å². The minimum atomic E-state index is 0.533. The summed E-state index contributed by atoms with van der Waals surface area (Å²) in [5, 5.41) is 8.62. The van der Waals surface area contributed by atoms with Gasteiger partial charge in [-0.05, 0) is 12.8 Å². The van der Waals surface area contributed by atoms with Crippen LogP contribution in [0.15, 0.2) is 12.5 Å². The normalized spacial score (nSPS) is 18.4. The first-order valence-corrected chi connectivity index (χ1v) is 4.84. The van der Waals surface area contributed by atoms with Crippen LogP contribution in [0.4, 0.5) is 0 Å². The third-order valence-corrected chi connectivity index (χ3v) is 2.71. The first-order chi connectivity index (χ1) is 6.40. The Morgan fingerprint density at radius 2 is 2.15 bits per heavy atom. The Bertz CT molecular complexity index is 315. The van der Waals surface area contributed by atoms with Crippen molar-refractivity contribution in [1.29, 1.82) is 5.26 Å². The van der Waals surface area contributed by atoms with E-state index in [0.717, 1.165) is 0 Å². The van der Waals surface area contributed by atoms with Gasteiger partial charge in [0.25, 0.3) is 0 Å². The van der Waals surface area contributed by atoms with Gasteiger partial charge in [-0.1, -0.05) is 19.3 Å². The second-order valence-electron chi connectivity index (χ2n) is 3.61. The molecule has 0 radical (unpaired) electrons. The van der Waals surface area contributed by atoms with Crippen molar-refractivity contribution in [3.8, 4) is 6.07 Å². The maximum Gasteiger partial charge on any atom is 0.158 e. The van der Waals surface area contributed by atoms with E-state index in [4.69, 9.17) is 5.26 Å². The first-order valence-electron chi connectivity index (χ1n) is 4.84. The first kappa shape index (κ1) is 8.31. The highest BCUT2D eigenvalue weighted by Crippen LogP contribution is 2.27. The predicted molar refractivity (Wildman–Crippen MR) is 49.1 cm³/mol. The van der Waals surface area contributed by atoms with Gasteiger partial charge in [-0.2, -0.15) is 5.26 Å². The number of rotatable bonds is 1. The van der Waals surface area contributed by atoms with Crippen molar-refractivity contribution in [3.05, 3.63) is 18.2 Å². The lowest BCUT2D eigenvalue weighted by molar-refractivity contribution is 0.353. The van der Waals surface area contributed by atoms with Crippen LogP contribution in [0.25, 0.3) is 0 Å². The number of nitrogens with zero attached hydrogens (tertiary/aromatic N) is 3. The van der Waals surface area contributed by atoms with Crippen molar-refractivity contribution in [2.45, 2.75) is 38.1 Å². The maximum absolute atomic E-state index is 8.62. The summed E-state index contributed by atoms with van der Waals surface area (Å²) < 4.78 is 2.09. The van der Waals surface area contributed by atoms with Gasteiger partial charge in [0.2, 0.25) is 0 Å². The van der Waals surface area contributed by atoms with Crippen molar-refractivity contribution in [1.82, 2.24) is 9.55 Å². The zero-order valence-corrected chi connectivity index (χ0v) is 7.61. The molecule has 3 nitrogen and oxygen atoms in total. The molecule has 1 aromatic heterocycles. The van der Waals surface area contributed by atoms with Crippen LogP contribution < -0.4 is 0 Å². The number of hydrogen-bond acceptors (Lipinski definition) is 2. The fourth-order valence-electron chi connectivity index (χ4n) is 1.97. The lowest BCUT2D eigenvalue weighted by Gasteiger charge is -2.22. The quantitative estimate of drug-likeness (QED) is 0.657. The standard InChI is InChI=1S/C10H13N3/c11-6-9-7-13(8-12-9)10-4-2-1-3-5-10/h7-8,10H,1-5H2. The van der Waals surface area contributed by atoms with E-state index in [1.807, 2.05) is 6.20 Å². The largest absolute Gasteiger partial charge is 0.333 e. The molecule has 1 aliphatic rings. The lowest BCUT2D eigenvalue weighted by atomic mass is 9.95. The molecule has 0 atom stereocenters. The monoisotopic (exact) mass is 175 g/mol. The summed E-state index contributed by atoms with van der Waals surface area (Å²) in [7, 11) is 0. The van der Waals surface area contributed by atoms with Gasteiger partial charge < -0.3 is 4.57 Å². The van der Waals surface area contributed by atoms with Crippen molar-refractivity contribution in [2.75, 3.05) is 0 Å². The molecule has 0 N–H and O–H groups in total. The molecular weight excluding hydrogens is 162 g/mol. The van der Waals surface area contributed by atoms with E-state index < -0.39 is 0 Å². The highest BCUT2D eigenvalue weighted by Gasteiger charge is 2.14. The molecule has 0 amide bonds. The topological polar surface area (TPSA) is 41.6 Å². The highest BCUT2D eigenvalue weighted by atomic mass is 15.1. The van der Waals surface area contributed by atoms with E-state index in [1.54, 1.807) is 6.33 Å². The molecule has 68 valence electrons. The third kappa shape index (κ3) is 1.72. The van der Waals surface area contributed by atoms with Crippen LogP contribution in [0.5, 0.6) is 0 Å². The summed E-state index contributed by atoms with van der Waals surface area (Å²) in [6, 6.07) is 2.64. The average Bonchev–Trinajstić information content (AvgIpc) is 2.67. The summed E-state index contributed by atoms with van der Waals surface area (Å²) in [4.78, 5) is 4.01. The molecule has 0 aliphatic heterocycles. The molecule has 2 rings (SSSR count). The Morgan fingerprint density at radius 1 is 1.38 bits per heavy atom. The van der Waals surface area contributed by atoms with E-state index in [1.165, 1.54) is 32.1 Å². The van der Waals surface area contributed by atoms with Gasteiger partial charge in [-0.25, -0.2) is 4.98 Å². The summed E-state index contributed by atoms with van der Waals surface area (Å²) in [5.41, 5.74) is 0.533. The molecule has 0 saturated heterocycles. The highest BCUT2D eigenvalue weighted by molar-refractivity contribution is 5.15. The SMILES string of the molecule is N#Cc1cn(C2CCCCC2)cn1. The van der Waals surface area contributed by atoms with E-state index in [-0.39, 0.29) is 0 Å². The van der Waals surface area contributed by atoms with E-state index >= 15 is 0 Å². The maximum atomic E-state index is 8.62. The Hall–Kier alpha value is -1.30. The molecule has 1 aromatic rings. The van der Waals surface area contributed by atoms with Crippen molar-refractivity contribution in [3.63, 3.8) is 0 Å². The third-order valence-electron chi connectivity index (χ3n) is 2.71. The second kappa shape index (κ2) is 3.61. The van der Waals surface area contributed by atoms with Gasteiger partial charge in [0.15, 0.2) is 5.69 Å². The number of imidazole rings is 1. The fraction of sp³-hybridized carbons (Fsp3) is 0.600. The molecule has 0 aromatic carbocycles. The minimum absolute atomic E-state index is 0.533. The zero-order chi connectivity index (χ0) is 9.10. The van der Waals surface area contributed by atoms with Gasteiger partial charge in [0, 0.05) is 12.2 Å². The Labute approximate surface area is 78.0 Å². The molecular formula is C10H13N3. The van der Waals surface area contributed by atoms with Crippen molar-refractivity contribution >= 4 is 0 Å². The Balaban J connectivity index is 2.11. The van der Waals surface area contributed by atoms with Gasteiger partial charge >= 0.3 is 0 Å². The molecule has 1 heterocycles. The Morgan fingerprint density at radius 3 is 2.77 bits per heavy atom. The minimum Gasteiger partial charge on any atom is -0.333 e. The van der Waals surface area contributed by atoms with Gasteiger partial charge in [0.1, 0.15) is 6.07 Å². The van der Waals surface area contributed by atoms with Crippen LogP contribution in [0, 0.1) is 11.3 Å². The fourth-order valence-corrected chi connectivity index (χ4v) is 1.97. The van der Waals surface area contributed by atoms with Crippen LogP contribution in [0.3, 0.4) is 0 Å². The van der Waals surface area contributed by atoms with Crippen molar-refractivity contribution in [2.24, 2.45) is 0 Å². The van der Waals surface area contributed by atoms with Crippen molar-refractivity contribution < 1.29 is 0 Å². The molecule has 1 aliphatic carbocycles. The molecule has 1 fully saturated rings. The van der Waals surface area contributed by atoms with E-state index in [0.29, 0.717) is 11.7 Å². The molecule has 0 bridgehead atoms. The van der Waals surface area contributed by atoms with Crippen LogP contribution in [-0.4, -0.2) is 9.55 Å². The number of aromatic nitrogens is 2. The summed E-state index contributed by atoms with van der Waals surface area (Å²) >= 11 is 0. The molecule has 1 saturated carbocycles. The molecule has 13 heavy (non-hydrogen) atoms. The molecule has 0 unspecified atom stereocenters. The number of nitriles is 1. The summed E-state index contributed by atoms with van der Waals surface area (Å²) in [6.07, 6.45) is 10.1. The summed E-state index contributed by atoms with van der Waals surface area (Å²) in [5.74, 6) is 0. The number of hydrogen-bond donors (Lipinski definition) is 0. The predicted octanol–water partition coefficient (Wildman–Crippen LogP) is 2.26. The van der Waals surface area contributed by atoms with E-state index in [2.05, 4.69) is 15.6 Å². The van der Waals surface area contributed by atoms with E-state index in [9.17, 15) is 0 Å². The second-order valence-corrected chi connectivity index (χ2v) is 3.61. The zero-order valence-electron chi connectivity index (χ0n) is 7.61. The van der Waals surface area contributed by atoms with Crippen LogP contribution in [-0.2, 0) is 0 Å². The van der Waals surface area contributed by atoms with Gasteiger partial charge in [0.05, 0.1) is 6.33 Å². The average molecular weight is 175 g/mol. The lowest BCUT2D eigenvalue weighted by Crippen LogP contribution is -2.10. The van der Waals surface area contributed by atoms with Crippen LogP contribution >= 0.6 is 0 Å². The van der Waals surface area contributed by atoms with Gasteiger partial charge in [-0.3, -0.25) is 0 Å².